The highest BCUT2D eigenvalue weighted by molar-refractivity contribution is 7.91. The van der Waals surface area contributed by atoms with E-state index in [1.807, 2.05) is 37.3 Å². The average Bonchev–Trinajstić information content (AvgIpc) is 3.41. The molecule has 0 bridgehead atoms. The van der Waals surface area contributed by atoms with Crippen molar-refractivity contribution in [1.29, 1.82) is 0 Å². The zero-order valence-electron chi connectivity index (χ0n) is 17.2. The summed E-state index contributed by atoms with van der Waals surface area (Å²) in [5, 5.41) is 2.99. The number of hydrogen-bond donors (Lipinski definition) is 1. The number of nitrogens with zero attached hydrogens (tertiary/aromatic N) is 1. The number of piperidine rings is 1. The Labute approximate surface area is 182 Å². The molecule has 4 rings (SSSR count). The first-order chi connectivity index (χ1) is 14.4. The molecule has 0 spiro atoms. The summed E-state index contributed by atoms with van der Waals surface area (Å²) >= 11 is 1.27. The van der Waals surface area contributed by atoms with Gasteiger partial charge in [-0.25, -0.2) is 8.42 Å². The Hall–Kier alpha value is -1.90. The molecule has 30 heavy (non-hydrogen) atoms. The van der Waals surface area contributed by atoms with Crippen molar-refractivity contribution in [2.24, 2.45) is 5.92 Å². The average molecular weight is 449 g/mol. The third kappa shape index (κ3) is 4.71. The number of hydrogen-bond acceptors (Lipinski definition) is 5. The Morgan fingerprint density at radius 1 is 1.10 bits per heavy atom. The van der Waals surface area contributed by atoms with E-state index in [4.69, 9.17) is 4.74 Å². The first-order valence-corrected chi connectivity index (χ1v) is 12.8. The van der Waals surface area contributed by atoms with Gasteiger partial charge in [0.15, 0.2) is 0 Å². The number of aryl methyl sites for hydroxylation is 1. The maximum atomic E-state index is 13.0. The molecule has 1 unspecified atom stereocenters. The van der Waals surface area contributed by atoms with Crippen molar-refractivity contribution in [3.63, 3.8) is 0 Å². The summed E-state index contributed by atoms with van der Waals surface area (Å²) in [5.41, 5.74) is 0.656. The molecule has 1 saturated heterocycles. The number of carbonyl (C=O) groups is 1. The maximum Gasteiger partial charge on any atom is 0.252 e. The second kappa shape index (κ2) is 9.08. The molecule has 162 valence electrons. The lowest BCUT2D eigenvalue weighted by molar-refractivity contribution is -0.120. The van der Waals surface area contributed by atoms with Crippen LogP contribution in [0.15, 0.2) is 40.6 Å². The predicted molar refractivity (Wildman–Crippen MR) is 118 cm³/mol. The fourth-order valence-corrected chi connectivity index (χ4v) is 7.11. The lowest BCUT2D eigenvalue weighted by Crippen LogP contribution is -2.43. The van der Waals surface area contributed by atoms with Gasteiger partial charge in [-0.3, -0.25) is 4.79 Å². The topological polar surface area (TPSA) is 75.7 Å². The Morgan fingerprint density at radius 2 is 1.87 bits per heavy atom. The van der Waals surface area contributed by atoms with Crippen LogP contribution in [0.2, 0.25) is 0 Å². The highest BCUT2D eigenvalue weighted by Gasteiger charge is 2.34. The van der Waals surface area contributed by atoms with Crippen LogP contribution in [0.4, 0.5) is 5.69 Å². The molecule has 6 nitrogen and oxygen atoms in total. The van der Waals surface area contributed by atoms with E-state index < -0.39 is 10.0 Å². The van der Waals surface area contributed by atoms with Crippen molar-refractivity contribution in [2.75, 3.05) is 18.4 Å². The van der Waals surface area contributed by atoms with E-state index in [1.54, 1.807) is 6.07 Å². The van der Waals surface area contributed by atoms with Crippen molar-refractivity contribution in [1.82, 2.24) is 4.31 Å². The van der Waals surface area contributed by atoms with E-state index in [1.165, 1.54) is 28.5 Å². The first kappa shape index (κ1) is 21.3. The van der Waals surface area contributed by atoms with E-state index in [0.717, 1.165) is 17.7 Å². The van der Waals surface area contributed by atoms with Gasteiger partial charge < -0.3 is 10.1 Å². The van der Waals surface area contributed by atoms with Crippen LogP contribution < -0.4 is 10.1 Å². The van der Waals surface area contributed by atoms with Crippen LogP contribution in [-0.2, 0) is 14.8 Å². The Morgan fingerprint density at radius 3 is 2.60 bits per heavy atom. The summed E-state index contributed by atoms with van der Waals surface area (Å²) < 4.78 is 33.8. The monoisotopic (exact) mass is 448 g/mol. The zero-order chi connectivity index (χ0) is 21.1. The Balaban J connectivity index is 1.44. The third-order valence-electron chi connectivity index (χ3n) is 5.81. The van der Waals surface area contributed by atoms with Crippen molar-refractivity contribution >= 4 is 33.0 Å². The molecular formula is C22H28N2O4S2. The van der Waals surface area contributed by atoms with Gasteiger partial charge in [-0.2, -0.15) is 4.31 Å². The highest BCUT2D eigenvalue weighted by Crippen LogP contribution is 2.32. The number of thiophene rings is 1. The van der Waals surface area contributed by atoms with Crippen LogP contribution in [0.25, 0.3) is 0 Å². The maximum absolute atomic E-state index is 13.0. The van der Waals surface area contributed by atoms with Gasteiger partial charge in [0.25, 0.3) is 10.0 Å². The van der Waals surface area contributed by atoms with Crippen LogP contribution >= 0.6 is 11.3 Å². The van der Waals surface area contributed by atoms with E-state index >= 15 is 0 Å². The molecule has 1 N–H and O–H groups in total. The lowest BCUT2D eigenvalue weighted by Gasteiger charge is -2.31. The summed E-state index contributed by atoms with van der Waals surface area (Å²) in [7, 11) is -3.56. The standard InChI is InChI=1S/C22H28N2O4S2/c1-16-12-13-21(29-16)30(26,27)24-14-6-7-17(15-24)22(25)23-19-10-4-5-11-20(19)28-18-8-2-3-9-18/h4-5,10-13,17-18H,2-3,6-9,14-15H2,1H3,(H,23,25). The fraction of sp³-hybridized carbons (Fsp3) is 0.500. The number of rotatable bonds is 6. The molecule has 1 aromatic heterocycles. The van der Waals surface area contributed by atoms with Gasteiger partial charge in [0.1, 0.15) is 9.96 Å². The number of para-hydroxylation sites is 2. The molecule has 1 amide bonds. The molecule has 2 fully saturated rings. The van der Waals surface area contributed by atoms with Crippen LogP contribution in [0.5, 0.6) is 5.75 Å². The van der Waals surface area contributed by atoms with Crippen molar-refractivity contribution in [2.45, 2.75) is 55.8 Å². The minimum atomic E-state index is -3.56. The largest absolute Gasteiger partial charge is 0.488 e. The number of nitrogens with one attached hydrogen (secondary N) is 1. The second-order valence-corrected chi connectivity index (χ2v) is 11.5. The zero-order valence-corrected chi connectivity index (χ0v) is 18.8. The van der Waals surface area contributed by atoms with Crippen molar-refractivity contribution < 1.29 is 17.9 Å². The molecule has 1 aliphatic heterocycles. The SMILES string of the molecule is Cc1ccc(S(=O)(=O)N2CCCC(C(=O)Nc3ccccc3OC3CCCC3)C2)s1. The van der Waals surface area contributed by atoms with E-state index in [9.17, 15) is 13.2 Å². The molecule has 8 heteroatoms. The van der Waals surface area contributed by atoms with Crippen molar-refractivity contribution in [3.05, 3.63) is 41.3 Å². The van der Waals surface area contributed by atoms with Gasteiger partial charge in [0, 0.05) is 18.0 Å². The fourth-order valence-electron chi connectivity index (χ4n) is 4.15. The normalized spacial score (nSPS) is 20.9. The van der Waals surface area contributed by atoms with Crippen LogP contribution in [0.3, 0.4) is 0 Å². The molecule has 2 aromatic rings. The minimum absolute atomic E-state index is 0.153. The summed E-state index contributed by atoms with van der Waals surface area (Å²) in [6, 6.07) is 11.0. The molecule has 1 aromatic carbocycles. The summed E-state index contributed by atoms with van der Waals surface area (Å²) in [6.07, 6.45) is 5.98. The summed E-state index contributed by atoms with van der Waals surface area (Å²) in [5.74, 6) is 0.154. The van der Waals surface area contributed by atoms with Crippen LogP contribution in [0.1, 0.15) is 43.4 Å². The highest BCUT2D eigenvalue weighted by atomic mass is 32.2. The predicted octanol–water partition coefficient (Wildman–Crippen LogP) is 4.42. The van der Waals surface area contributed by atoms with E-state index in [-0.39, 0.29) is 24.5 Å². The quantitative estimate of drug-likeness (QED) is 0.710. The molecule has 1 atom stereocenters. The molecular weight excluding hydrogens is 420 g/mol. The van der Waals surface area contributed by atoms with Gasteiger partial charge >= 0.3 is 0 Å². The molecule has 2 aliphatic rings. The second-order valence-electron chi connectivity index (χ2n) is 8.08. The Bertz CT molecular complexity index is 996. The van der Waals surface area contributed by atoms with Gasteiger partial charge in [-0.05, 0) is 69.7 Å². The number of sulfonamides is 1. The molecule has 2 heterocycles. The van der Waals surface area contributed by atoms with E-state index in [0.29, 0.717) is 35.0 Å². The van der Waals surface area contributed by atoms with Crippen LogP contribution in [-0.4, -0.2) is 37.8 Å². The van der Waals surface area contributed by atoms with Crippen LogP contribution in [0, 0.1) is 12.8 Å². The smallest absolute Gasteiger partial charge is 0.252 e. The lowest BCUT2D eigenvalue weighted by atomic mass is 9.98. The van der Waals surface area contributed by atoms with Gasteiger partial charge in [0.2, 0.25) is 5.91 Å². The first-order valence-electron chi connectivity index (χ1n) is 10.6. The summed E-state index contributed by atoms with van der Waals surface area (Å²) in [4.78, 5) is 13.9. The van der Waals surface area contributed by atoms with E-state index in [2.05, 4.69) is 5.32 Å². The van der Waals surface area contributed by atoms with Gasteiger partial charge in [0.05, 0.1) is 17.7 Å². The molecule has 1 saturated carbocycles. The van der Waals surface area contributed by atoms with Gasteiger partial charge in [-0.15, -0.1) is 11.3 Å². The minimum Gasteiger partial charge on any atom is -0.488 e. The number of amides is 1. The third-order valence-corrected chi connectivity index (χ3v) is 9.14. The number of anilines is 1. The van der Waals surface area contributed by atoms with Crippen molar-refractivity contribution in [3.8, 4) is 5.75 Å². The van der Waals surface area contributed by atoms with Gasteiger partial charge in [-0.1, -0.05) is 12.1 Å². The number of carbonyl (C=O) groups excluding carboxylic acids is 1. The number of ether oxygens (including phenoxy) is 1. The summed E-state index contributed by atoms with van der Waals surface area (Å²) in [6.45, 7) is 2.54. The molecule has 1 aliphatic carbocycles. The Kier molecular flexibility index (Phi) is 6.46. The molecule has 0 radical (unpaired) electrons. The number of benzene rings is 1.